The first-order chi connectivity index (χ1) is 17.1. The average molecular weight is 511 g/mol. The number of methoxy groups -OCH3 is 1. The lowest BCUT2D eigenvalue weighted by Gasteiger charge is -2.39. The Hall–Kier alpha value is -3.37. The minimum Gasteiger partial charge on any atom is -0.465 e. The van der Waals surface area contributed by atoms with E-state index in [1.165, 1.54) is 16.3 Å². The van der Waals surface area contributed by atoms with Crippen molar-refractivity contribution in [1.82, 2.24) is 19.2 Å². The molecule has 190 valence electrons. The number of hydrogen-bond acceptors (Lipinski definition) is 7. The third-order valence-electron chi connectivity index (χ3n) is 6.38. The fraction of sp³-hybridized carbons (Fsp3) is 0.385. The van der Waals surface area contributed by atoms with Gasteiger partial charge in [-0.25, -0.2) is 23.2 Å². The molecule has 9 nitrogen and oxygen atoms in total. The molecule has 36 heavy (non-hydrogen) atoms. The van der Waals surface area contributed by atoms with Gasteiger partial charge in [0.2, 0.25) is 10.0 Å². The van der Waals surface area contributed by atoms with E-state index in [-0.39, 0.29) is 41.7 Å². The summed E-state index contributed by atoms with van der Waals surface area (Å²) in [5, 5.41) is 1.50. The molecule has 1 atom stereocenters. The second-order valence-electron chi connectivity index (χ2n) is 9.22. The summed E-state index contributed by atoms with van der Waals surface area (Å²) >= 11 is 0. The first kappa shape index (κ1) is 25.7. The van der Waals surface area contributed by atoms with E-state index in [1.807, 2.05) is 38.1 Å². The van der Waals surface area contributed by atoms with E-state index in [2.05, 4.69) is 9.97 Å². The Morgan fingerprint density at radius 3 is 2.42 bits per heavy atom. The van der Waals surface area contributed by atoms with E-state index in [0.717, 1.165) is 5.39 Å². The first-order valence-electron chi connectivity index (χ1n) is 11.8. The van der Waals surface area contributed by atoms with Crippen LogP contribution in [0, 0.1) is 6.92 Å². The summed E-state index contributed by atoms with van der Waals surface area (Å²) in [6.07, 6.45) is 0. The van der Waals surface area contributed by atoms with Crippen molar-refractivity contribution in [3.63, 3.8) is 0 Å². The third-order valence-corrected chi connectivity index (χ3v) is 8.45. The van der Waals surface area contributed by atoms with Crippen LogP contribution in [-0.2, 0) is 14.8 Å². The lowest BCUT2D eigenvalue weighted by atomic mass is 10.0. The largest absolute Gasteiger partial charge is 0.465 e. The van der Waals surface area contributed by atoms with Gasteiger partial charge in [0.1, 0.15) is 17.1 Å². The number of hydrogen-bond donors (Lipinski definition) is 0. The molecule has 0 bridgehead atoms. The number of benzene rings is 2. The minimum absolute atomic E-state index is 0.0180. The predicted octanol–water partition coefficient (Wildman–Crippen LogP) is 3.38. The summed E-state index contributed by atoms with van der Waals surface area (Å²) in [5.74, 6) is -0.877. The van der Waals surface area contributed by atoms with Crippen LogP contribution >= 0.6 is 0 Å². The second-order valence-corrected chi connectivity index (χ2v) is 11.1. The quantitative estimate of drug-likeness (QED) is 0.484. The SMILES string of the molecule is COC(=O)c1c(C(=O)N2CCN(S(=O)(=O)c3cccc4ccccc34)C(C)C2)nc(C)nc1C(C)C. The standard InChI is InChI=1S/C26H30N4O5S/c1-16(2)23-22(26(32)35-5)24(28-18(4)27-23)25(31)29-13-14-30(17(3)15-29)36(33,34)21-12-8-10-19-9-6-7-11-20(19)21/h6-12,16-17H,13-15H2,1-5H3. The second kappa shape index (κ2) is 9.94. The maximum absolute atomic E-state index is 13.6. The summed E-state index contributed by atoms with van der Waals surface area (Å²) in [6.45, 7) is 7.63. The minimum atomic E-state index is -3.81. The van der Waals surface area contributed by atoms with Crippen LogP contribution in [0.2, 0.25) is 0 Å². The van der Waals surface area contributed by atoms with Crippen molar-refractivity contribution in [2.45, 2.75) is 44.6 Å². The van der Waals surface area contributed by atoms with Crippen molar-refractivity contribution < 1.29 is 22.7 Å². The molecule has 0 spiro atoms. The lowest BCUT2D eigenvalue weighted by molar-refractivity contribution is 0.0569. The molecule has 3 aromatic rings. The number of sulfonamides is 1. The number of rotatable bonds is 5. The van der Waals surface area contributed by atoms with E-state index >= 15 is 0 Å². The van der Waals surface area contributed by atoms with Crippen LogP contribution in [0.3, 0.4) is 0 Å². The first-order valence-corrected chi connectivity index (χ1v) is 13.3. The smallest absolute Gasteiger partial charge is 0.342 e. The number of fused-ring (bicyclic) bond motifs is 1. The molecule has 0 aliphatic carbocycles. The summed E-state index contributed by atoms with van der Waals surface area (Å²) in [6, 6.07) is 12.1. The third kappa shape index (κ3) is 4.58. The molecule has 0 saturated carbocycles. The Balaban J connectivity index is 1.64. The van der Waals surface area contributed by atoms with Gasteiger partial charge in [0.25, 0.3) is 5.91 Å². The van der Waals surface area contributed by atoms with Gasteiger partial charge in [-0.2, -0.15) is 4.31 Å². The molecule has 2 heterocycles. The molecule has 0 radical (unpaired) electrons. The topological polar surface area (TPSA) is 110 Å². The zero-order valence-corrected chi connectivity index (χ0v) is 21.9. The zero-order chi connectivity index (χ0) is 26.2. The highest BCUT2D eigenvalue weighted by molar-refractivity contribution is 7.89. The summed E-state index contributed by atoms with van der Waals surface area (Å²) < 4.78 is 33.7. The molecule has 10 heteroatoms. The van der Waals surface area contributed by atoms with E-state index in [4.69, 9.17) is 4.74 Å². The number of nitrogens with zero attached hydrogens (tertiary/aromatic N) is 4. The molecule has 1 fully saturated rings. The number of piperazine rings is 1. The van der Waals surface area contributed by atoms with Crippen LogP contribution in [0.25, 0.3) is 10.8 Å². The monoisotopic (exact) mass is 510 g/mol. The van der Waals surface area contributed by atoms with Crippen molar-refractivity contribution in [3.8, 4) is 0 Å². The number of carbonyl (C=O) groups is 2. The van der Waals surface area contributed by atoms with Crippen LogP contribution in [0.15, 0.2) is 47.4 Å². The highest BCUT2D eigenvalue weighted by Crippen LogP contribution is 2.29. The van der Waals surface area contributed by atoms with Crippen molar-refractivity contribution in [2.75, 3.05) is 26.7 Å². The van der Waals surface area contributed by atoms with Gasteiger partial charge in [0, 0.05) is 31.1 Å². The Labute approximate surface area is 211 Å². The normalized spacial score (nSPS) is 16.9. The van der Waals surface area contributed by atoms with Gasteiger partial charge in [-0.15, -0.1) is 0 Å². The van der Waals surface area contributed by atoms with Gasteiger partial charge < -0.3 is 9.64 Å². The number of amides is 1. The van der Waals surface area contributed by atoms with Gasteiger partial charge in [-0.3, -0.25) is 4.79 Å². The van der Waals surface area contributed by atoms with Gasteiger partial charge in [-0.1, -0.05) is 50.2 Å². The molecule has 1 unspecified atom stereocenters. The molecule has 1 saturated heterocycles. The highest BCUT2D eigenvalue weighted by Gasteiger charge is 2.38. The van der Waals surface area contributed by atoms with Crippen LogP contribution in [0.1, 0.15) is 59.1 Å². The molecule has 4 rings (SSSR count). The van der Waals surface area contributed by atoms with Gasteiger partial charge in [0.15, 0.2) is 0 Å². The Morgan fingerprint density at radius 1 is 1.06 bits per heavy atom. The predicted molar refractivity (Wildman–Crippen MR) is 135 cm³/mol. The van der Waals surface area contributed by atoms with E-state index < -0.39 is 27.9 Å². The molecule has 1 amide bonds. The fourth-order valence-corrected chi connectivity index (χ4v) is 6.48. The summed E-state index contributed by atoms with van der Waals surface area (Å²) in [4.78, 5) is 36.6. The highest BCUT2D eigenvalue weighted by atomic mass is 32.2. The average Bonchev–Trinajstić information content (AvgIpc) is 2.86. The van der Waals surface area contributed by atoms with Crippen molar-refractivity contribution in [2.24, 2.45) is 0 Å². The summed E-state index contributed by atoms with van der Waals surface area (Å²) in [7, 11) is -2.56. The van der Waals surface area contributed by atoms with Gasteiger partial charge in [0.05, 0.1) is 17.7 Å². The molecule has 1 aromatic heterocycles. The van der Waals surface area contributed by atoms with Crippen molar-refractivity contribution in [1.29, 1.82) is 0 Å². The summed E-state index contributed by atoms with van der Waals surface area (Å²) in [5.41, 5.74) is 0.486. The Bertz CT molecular complexity index is 1430. The number of ether oxygens (including phenoxy) is 1. The maximum Gasteiger partial charge on any atom is 0.342 e. The maximum atomic E-state index is 13.6. The van der Waals surface area contributed by atoms with Crippen LogP contribution in [-0.4, -0.2) is 72.3 Å². The molecule has 1 aliphatic rings. The number of esters is 1. The van der Waals surface area contributed by atoms with Gasteiger partial charge in [-0.05, 0) is 31.2 Å². The van der Waals surface area contributed by atoms with E-state index in [0.29, 0.717) is 16.9 Å². The zero-order valence-electron chi connectivity index (χ0n) is 21.1. The van der Waals surface area contributed by atoms with Gasteiger partial charge >= 0.3 is 5.97 Å². The van der Waals surface area contributed by atoms with Crippen molar-refractivity contribution in [3.05, 3.63) is 65.2 Å². The fourth-order valence-electron chi connectivity index (χ4n) is 4.65. The Kier molecular flexibility index (Phi) is 7.10. The van der Waals surface area contributed by atoms with Crippen LogP contribution < -0.4 is 0 Å². The number of aryl methyl sites for hydroxylation is 1. The number of carbonyl (C=O) groups excluding carboxylic acids is 2. The molecular formula is C26H30N4O5S. The van der Waals surface area contributed by atoms with Crippen LogP contribution in [0.4, 0.5) is 0 Å². The molecule has 1 aliphatic heterocycles. The lowest BCUT2D eigenvalue weighted by Crippen LogP contribution is -2.55. The molecular weight excluding hydrogens is 480 g/mol. The molecule has 0 N–H and O–H groups in total. The number of aromatic nitrogens is 2. The van der Waals surface area contributed by atoms with Crippen molar-refractivity contribution >= 4 is 32.7 Å². The Morgan fingerprint density at radius 2 is 1.75 bits per heavy atom. The molecule has 2 aromatic carbocycles. The van der Waals surface area contributed by atoms with Crippen LogP contribution in [0.5, 0.6) is 0 Å². The van der Waals surface area contributed by atoms with E-state index in [9.17, 15) is 18.0 Å². The van der Waals surface area contributed by atoms with E-state index in [1.54, 1.807) is 32.0 Å².